The normalized spacial score (nSPS) is 21.8. The molecular formula is C26H32F3NO. The third kappa shape index (κ3) is 6.36. The number of ether oxygens (including phenoxy) is 1. The van der Waals surface area contributed by atoms with E-state index in [1.807, 2.05) is 25.1 Å². The van der Waals surface area contributed by atoms with Crippen molar-refractivity contribution in [3.8, 4) is 0 Å². The highest BCUT2D eigenvalue weighted by Gasteiger charge is 2.35. The van der Waals surface area contributed by atoms with Crippen LogP contribution in [0.2, 0.25) is 0 Å². The molecule has 2 nitrogen and oxygen atoms in total. The lowest BCUT2D eigenvalue weighted by Gasteiger charge is -2.41. The van der Waals surface area contributed by atoms with Crippen molar-refractivity contribution >= 4 is 0 Å². The van der Waals surface area contributed by atoms with Crippen LogP contribution in [0.4, 0.5) is 13.2 Å². The van der Waals surface area contributed by atoms with Gasteiger partial charge in [-0.1, -0.05) is 49.0 Å². The summed E-state index contributed by atoms with van der Waals surface area (Å²) in [6.45, 7) is 7.40. The molecule has 1 aliphatic carbocycles. The molecule has 0 aromatic heterocycles. The van der Waals surface area contributed by atoms with Crippen molar-refractivity contribution < 1.29 is 17.9 Å². The Morgan fingerprint density at radius 2 is 1.74 bits per heavy atom. The van der Waals surface area contributed by atoms with Crippen molar-refractivity contribution in [2.24, 2.45) is 5.92 Å². The van der Waals surface area contributed by atoms with Crippen LogP contribution in [0, 0.1) is 5.92 Å². The van der Waals surface area contributed by atoms with Crippen LogP contribution in [-0.4, -0.2) is 24.6 Å². The summed E-state index contributed by atoms with van der Waals surface area (Å²) in [7, 11) is 2.12. The molecule has 0 heterocycles. The van der Waals surface area contributed by atoms with Gasteiger partial charge in [0.25, 0.3) is 0 Å². The summed E-state index contributed by atoms with van der Waals surface area (Å²) in [5.74, 6) is 1.40. The highest BCUT2D eigenvalue weighted by Crippen LogP contribution is 2.42. The molecule has 1 aliphatic rings. The van der Waals surface area contributed by atoms with E-state index >= 15 is 0 Å². The number of nitrogens with zero attached hydrogens (tertiary/aromatic N) is 1. The first kappa shape index (κ1) is 23.4. The molecule has 0 N–H and O–H groups in total. The van der Waals surface area contributed by atoms with Crippen molar-refractivity contribution in [3.05, 3.63) is 83.6 Å². The van der Waals surface area contributed by atoms with E-state index in [0.717, 1.165) is 43.6 Å². The van der Waals surface area contributed by atoms with Gasteiger partial charge in [0, 0.05) is 19.0 Å². The summed E-state index contributed by atoms with van der Waals surface area (Å²) in [4.78, 5) is 2.35. The number of benzene rings is 2. The lowest BCUT2D eigenvalue weighted by atomic mass is 9.73. The minimum atomic E-state index is -4.31. The predicted octanol–water partition coefficient (Wildman–Crippen LogP) is 7.03. The van der Waals surface area contributed by atoms with Gasteiger partial charge < -0.3 is 4.74 Å². The second-order valence-corrected chi connectivity index (χ2v) is 8.55. The summed E-state index contributed by atoms with van der Waals surface area (Å²) < 4.78 is 44.7. The summed E-state index contributed by atoms with van der Waals surface area (Å²) in [5.41, 5.74) is 1.62. The lowest BCUT2D eigenvalue weighted by molar-refractivity contribution is -0.137. The van der Waals surface area contributed by atoms with Gasteiger partial charge in [0.2, 0.25) is 0 Å². The highest BCUT2D eigenvalue weighted by molar-refractivity contribution is 5.29. The minimum absolute atomic E-state index is 0.171. The van der Waals surface area contributed by atoms with Crippen LogP contribution in [0.5, 0.6) is 0 Å². The molecule has 168 valence electrons. The zero-order chi connectivity index (χ0) is 22.4. The molecule has 3 rings (SSSR count). The van der Waals surface area contributed by atoms with E-state index in [4.69, 9.17) is 4.74 Å². The minimum Gasteiger partial charge on any atom is -0.499 e. The monoisotopic (exact) mass is 431 g/mol. The third-order valence-electron chi connectivity index (χ3n) is 6.29. The first-order valence-corrected chi connectivity index (χ1v) is 11.0. The van der Waals surface area contributed by atoms with Crippen LogP contribution >= 0.6 is 0 Å². The molecule has 31 heavy (non-hydrogen) atoms. The molecule has 3 atom stereocenters. The van der Waals surface area contributed by atoms with Gasteiger partial charge in [0.05, 0.1) is 17.9 Å². The molecule has 0 saturated heterocycles. The molecule has 2 aromatic rings. The Bertz CT molecular complexity index is 832. The average molecular weight is 432 g/mol. The zero-order valence-electron chi connectivity index (χ0n) is 18.4. The van der Waals surface area contributed by atoms with E-state index < -0.39 is 11.7 Å². The zero-order valence-corrected chi connectivity index (χ0v) is 18.4. The average Bonchev–Trinajstić information content (AvgIpc) is 2.74. The van der Waals surface area contributed by atoms with Crippen molar-refractivity contribution in [1.82, 2.24) is 4.90 Å². The summed E-state index contributed by atoms with van der Waals surface area (Å²) in [5, 5.41) is 0. The van der Waals surface area contributed by atoms with Gasteiger partial charge in [-0.05, 0) is 68.3 Å². The Labute approximate surface area is 183 Å². The smallest absolute Gasteiger partial charge is 0.416 e. The fourth-order valence-electron chi connectivity index (χ4n) is 4.81. The van der Waals surface area contributed by atoms with Crippen molar-refractivity contribution in [2.45, 2.75) is 57.3 Å². The van der Waals surface area contributed by atoms with Crippen molar-refractivity contribution in [1.29, 1.82) is 0 Å². The van der Waals surface area contributed by atoms with Gasteiger partial charge in [0.1, 0.15) is 0 Å². The van der Waals surface area contributed by atoms with E-state index in [0.29, 0.717) is 12.5 Å². The Morgan fingerprint density at radius 1 is 1.06 bits per heavy atom. The maximum atomic E-state index is 13.1. The summed E-state index contributed by atoms with van der Waals surface area (Å²) >= 11 is 0. The number of hydrogen-bond acceptors (Lipinski definition) is 2. The van der Waals surface area contributed by atoms with Gasteiger partial charge in [-0.2, -0.15) is 13.2 Å². The predicted molar refractivity (Wildman–Crippen MR) is 119 cm³/mol. The van der Waals surface area contributed by atoms with E-state index in [1.165, 1.54) is 17.7 Å². The number of hydrogen-bond donors (Lipinski definition) is 0. The maximum absolute atomic E-state index is 13.1. The van der Waals surface area contributed by atoms with E-state index in [9.17, 15) is 13.2 Å². The fraction of sp³-hybridized carbons (Fsp3) is 0.462. The van der Waals surface area contributed by atoms with E-state index in [1.54, 1.807) is 12.1 Å². The fourth-order valence-corrected chi connectivity index (χ4v) is 4.81. The molecule has 0 unspecified atom stereocenters. The lowest BCUT2D eigenvalue weighted by Crippen LogP contribution is -2.40. The quantitative estimate of drug-likeness (QED) is 0.416. The van der Waals surface area contributed by atoms with Crippen LogP contribution in [-0.2, 0) is 17.5 Å². The van der Waals surface area contributed by atoms with Gasteiger partial charge in [-0.25, -0.2) is 0 Å². The molecule has 0 radical (unpaired) electrons. The highest BCUT2D eigenvalue weighted by atomic mass is 19.4. The Hall–Kier alpha value is -2.27. The Morgan fingerprint density at radius 3 is 2.35 bits per heavy atom. The largest absolute Gasteiger partial charge is 0.499 e. The van der Waals surface area contributed by atoms with E-state index in [-0.39, 0.29) is 12.0 Å². The molecule has 2 aromatic carbocycles. The van der Waals surface area contributed by atoms with Crippen molar-refractivity contribution in [3.63, 3.8) is 0 Å². The van der Waals surface area contributed by atoms with Crippen LogP contribution in [0.15, 0.2) is 66.9 Å². The molecule has 5 heteroatoms. The third-order valence-corrected chi connectivity index (χ3v) is 6.29. The van der Waals surface area contributed by atoms with Gasteiger partial charge >= 0.3 is 6.18 Å². The molecule has 1 saturated carbocycles. The van der Waals surface area contributed by atoms with Gasteiger partial charge in [-0.3, -0.25) is 4.90 Å². The van der Waals surface area contributed by atoms with Crippen LogP contribution < -0.4 is 0 Å². The Balaban J connectivity index is 1.80. The second kappa shape index (κ2) is 10.4. The summed E-state index contributed by atoms with van der Waals surface area (Å²) in [6, 6.07) is 16.3. The molecule has 0 bridgehead atoms. The number of halogens is 3. The molecule has 0 spiro atoms. The SMILES string of the molecule is C=C(C[C@@H]1CC[C@@H](N(C)Cc2ccccc2)[C@H](c2ccc(C(F)(F)F)cc2)C1)OCC. The first-order chi connectivity index (χ1) is 14.8. The topological polar surface area (TPSA) is 12.5 Å². The van der Waals surface area contributed by atoms with Crippen LogP contribution in [0.25, 0.3) is 0 Å². The second-order valence-electron chi connectivity index (χ2n) is 8.55. The molecular weight excluding hydrogens is 399 g/mol. The van der Waals surface area contributed by atoms with Crippen LogP contribution in [0.1, 0.15) is 55.2 Å². The summed E-state index contributed by atoms with van der Waals surface area (Å²) in [6.07, 6.45) is -0.528. The standard InChI is InChI=1S/C26H32F3NO/c1-4-31-19(2)16-21-10-15-25(30(3)18-20-8-6-5-7-9-20)24(17-21)22-11-13-23(14-12-22)26(27,28)29/h5-9,11-14,21,24-25H,2,4,10,15-18H2,1,3H3/t21-,24-,25+/m0/s1. The van der Waals surface area contributed by atoms with E-state index in [2.05, 4.69) is 30.7 Å². The Kier molecular flexibility index (Phi) is 7.82. The van der Waals surface area contributed by atoms with Gasteiger partial charge in [-0.15, -0.1) is 0 Å². The number of rotatable bonds is 8. The van der Waals surface area contributed by atoms with Gasteiger partial charge in [0.15, 0.2) is 0 Å². The van der Waals surface area contributed by atoms with Crippen molar-refractivity contribution in [2.75, 3.05) is 13.7 Å². The number of likely N-dealkylation sites (N-methyl/N-ethyl adjacent to an activating group) is 1. The maximum Gasteiger partial charge on any atom is 0.416 e. The molecule has 0 aliphatic heterocycles. The molecule has 0 amide bonds. The number of allylic oxidation sites excluding steroid dienone is 1. The number of alkyl halides is 3. The first-order valence-electron chi connectivity index (χ1n) is 11.0. The van der Waals surface area contributed by atoms with Crippen LogP contribution in [0.3, 0.4) is 0 Å². The molecule has 1 fully saturated rings.